The topological polar surface area (TPSA) is 26.3 Å². The van der Waals surface area contributed by atoms with Gasteiger partial charge in [-0.3, -0.25) is 4.79 Å². The van der Waals surface area contributed by atoms with Crippen LogP contribution in [0.1, 0.15) is 72.6 Å². The summed E-state index contributed by atoms with van der Waals surface area (Å²) in [6.45, 7) is 10.1. The van der Waals surface area contributed by atoms with E-state index in [9.17, 15) is 4.79 Å². The van der Waals surface area contributed by atoms with Crippen molar-refractivity contribution in [2.75, 3.05) is 13.2 Å². The molecule has 0 aliphatic heterocycles. The summed E-state index contributed by atoms with van der Waals surface area (Å²) in [5.41, 5.74) is 0. The van der Waals surface area contributed by atoms with Gasteiger partial charge in [-0.2, -0.15) is 0 Å². The van der Waals surface area contributed by atoms with Gasteiger partial charge in [0.2, 0.25) is 0 Å². The largest absolute Gasteiger partial charge is 0.373 e. The van der Waals surface area contributed by atoms with Gasteiger partial charge in [-0.1, -0.05) is 66.2 Å². The molecule has 0 saturated heterocycles. The first-order chi connectivity index (χ1) is 9.58. The Morgan fingerprint density at radius 3 is 2.40 bits per heavy atom. The molecule has 1 fully saturated rings. The Bertz CT molecular complexity index is 265. The van der Waals surface area contributed by atoms with E-state index in [1.165, 1.54) is 32.1 Å². The summed E-state index contributed by atoms with van der Waals surface area (Å²) in [6.07, 6.45) is 8.11. The highest BCUT2D eigenvalue weighted by molar-refractivity contribution is 5.79. The number of ether oxygens (including phenoxy) is 1. The van der Waals surface area contributed by atoms with Crippen molar-refractivity contribution in [1.82, 2.24) is 0 Å². The lowest BCUT2D eigenvalue weighted by atomic mass is 9.92. The molecule has 2 nitrogen and oxygen atoms in total. The van der Waals surface area contributed by atoms with Crippen LogP contribution in [0.25, 0.3) is 0 Å². The van der Waals surface area contributed by atoms with Crippen LogP contribution in [0.2, 0.25) is 0 Å². The van der Waals surface area contributed by atoms with Gasteiger partial charge in [0.25, 0.3) is 0 Å². The predicted molar refractivity (Wildman–Crippen MR) is 84.8 cm³/mol. The Hall–Kier alpha value is -0.370. The molecule has 1 rings (SSSR count). The number of rotatable bonds is 10. The van der Waals surface area contributed by atoms with Crippen LogP contribution in [0.5, 0.6) is 0 Å². The predicted octanol–water partition coefficient (Wildman–Crippen LogP) is 4.86. The third-order valence-corrected chi connectivity index (χ3v) is 5.17. The van der Waals surface area contributed by atoms with Crippen molar-refractivity contribution in [2.24, 2.45) is 23.7 Å². The van der Waals surface area contributed by atoms with Gasteiger partial charge in [-0.05, 0) is 23.7 Å². The highest BCUT2D eigenvalue weighted by Crippen LogP contribution is 2.36. The molecule has 0 aromatic rings. The van der Waals surface area contributed by atoms with E-state index in [1.54, 1.807) is 0 Å². The third-order valence-electron chi connectivity index (χ3n) is 5.17. The summed E-state index contributed by atoms with van der Waals surface area (Å²) >= 11 is 0. The molecule has 118 valence electrons. The molecule has 1 aliphatic carbocycles. The zero-order chi connectivity index (χ0) is 15.0. The standard InChI is InChI=1S/C18H34O2/c1-5-7-8-16(6-2)11-17(19)12-20-13-18-14(3)9-10-15(18)4/h14-16,18H,5-13H2,1-4H3. The Balaban J connectivity index is 2.19. The van der Waals surface area contributed by atoms with Gasteiger partial charge < -0.3 is 4.74 Å². The van der Waals surface area contributed by atoms with Crippen LogP contribution >= 0.6 is 0 Å². The first-order valence-electron chi connectivity index (χ1n) is 8.67. The molecule has 0 radical (unpaired) electrons. The van der Waals surface area contributed by atoms with Crippen molar-refractivity contribution in [1.29, 1.82) is 0 Å². The van der Waals surface area contributed by atoms with Gasteiger partial charge in [-0.25, -0.2) is 0 Å². The molecule has 2 heteroatoms. The van der Waals surface area contributed by atoms with E-state index in [0.717, 1.165) is 24.9 Å². The molecular weight excluding hydrogens is 248 g/mol. The Morgan fingerprint density at radius 1 is 1.20 bits per heavy atom. The number of hydrogen-bond donors (Lipinski definition) is 0. The second kappa shape index (κ2) is 9.55. The molecule has 0 amide bonds. The Labute approximate surface area is 125 Å². The maximum atomic E-state index is 12.0. The summed E-state index contributed by atoms with van der Waals surface area (Å²) in [5.74, 6) is 3.03. The maximum absolute atomic E-state index is 12.0. The molecule has 1 aliphatic rings. The summed E-state index contributed by atoms with van der Waals surface area (Å²) < 4.78 is 5.72. The number of hydrogen-bond acceptors (Lipinski definition) is 2. The van der Waals surface area contributed by atoms with Crippen molar-refractivity contribution in [2.45, 2.75) is 72.6 Å². The minimum Gasteiger partial charge on any atom is -0.373 e. The molecule has 1 saturated carbocycles. The lowest BCUT2D eigenvalue weighted by molar-refractivity contribution is -0.125. The van der Waals surface area contributed by atoms with E-state index < -0.39 is 0 Å². The van der Waals surface area contributed by atoms with E-state index in [4.69, 9.17) is 4.74 Å². The van der Waals surface area contributed by atoms with Crippen LogP contribution in [-0.4, -0.2) is 19.0 Å². The highest BCUT2D eigenvalue weighted by atomic mass is 16.5. The van der Waals surface area contributed by atoms with Crippen LogP contribution in [0.15, 0.2) is 0 Å². The summed E-state index contributed by atoms with van der Waals surface area (Å²) in [4.78, 5) is 12.0. The van der Waals surface area contributed by atoms with E-state index in [2.05, 4.69) is 27.7 Å². The fourth-order valence-electron chi connectivity index (χ4n) is 3.48. The molecular formula is C18H34O2. The second-order valence-electron chi connectivity index (χ2n) is 6.87. The molecule has 0 spiro atoms. The maximum Gasteiger partial charge on any atom is 0.158 e. The minimum atomic E-state index is 0.297. The molecule has 0 bridgehead atoms. The van der Waals surface area contributed by atoms with Gasteiger partial charge >= 0.3 is 0 Å². The number of unbranched alkanes of at least 4 members (excludes halogenated alkanes) is 1. The second-order valence-corrected chi connectivity index (χ2v) is 6.87. The van der Waals surface area contributed by atoms with E-state index in [0.29, 0.717) is 30.6 Å². The zero-order valence-corrected chi connectivity index (χ0v) is 14.0. The van der Waals surface area contributed by atoms with Gasteiger partial charge in [0.15, 0.2) is 5.78 Å². The quantitative estimate of drug-likeness (QED) is 0.572. The van der Waals surface area contributed by atoms with Crippen LogP contribution in [0.4, 0.5) is 0 Å². The molecule has 0 heterocycles. The molecule has 0 aromatic heterocycles. The van der Waals surface area contributed by atoms with E-state index >= 15 is 0 Å². The number of carbonyl (C=O) groups is 1. The van der Waals surface area contributed by atoms with Crippen molar-refractivity contribution >= 4 is 5.78 Å². The molecule has 0 aromatic carbocycles. The van der Waals surface area contributed by atoms with Crippen LogP contribution in [0, 0.1) is 23.7 Å². The van der Waals surface area contributed by atoms with Crippen molar-refractivity contribution in [3.05, 3.63) is 0 Å². The third kappa shape index (κ3) is 5.95. The SMILES string of the molecule is CCCCC(CC)CC(=O)COCC1C(C)CCC1C. The van der Waals surface area contributed by atoms with Crippen LogP contribution < -0.4 is 0 Å². The average Bonchev–Trinajstić information content (AvgIpc) is 2.75. The fourth-order valence-corrected chi connectivity index (χ4v) is 3.48. The first kappa shape index (κ1) is 17.7. The molecule has 20 heavy (non-hydrogen) atoms. The lowest BCUT2D eigenvalue weighted by Crippen LogP contribution is -2.21. The Kier molecular flexibility index (Phi) is 8.44. The average molecular weight is 282 g/mol. The molecule has 3 unspecified atom stereocenters. The fraction of sp³-hybridized carbons (Fsp3) is 0.944. The number of Topliss-reactive ketones (excluding diaryl/α,β-unsaturated/α-hetero) is 1. The zero-order valence-electron chi connectivity index (χ0n) is 14.0. The molecule has 3 atom stereocenters. The van der Waals surface area contributed by atoms with Crippen molar-refractivity contribution in [3.8, 4) is 0 Å². The van der Waals surface area contributed by atoms with Crippen LogP contribution in [-0.2, 0) is 9.53 Å². The van der Waals surface area contributed by atoms with E-state index in [-0.39, 0.29) is 0 Å². The normalized spacial score (nSPS) is 27.7. The van der Waals surface area contributed by atoms with Gasteiger partial charge in [0.05, 0.1) is 6.61 Å². The van der Waals surface area contributed by atoms with Crippen LogP contribution in [0.3, 0.4) is 0 Å². The van der Waals surface area contributed by atoms with Gasteiger partial charge in [0, 0.05) is 6.42 Å². The monoisotopic (exact) mass is 282 g/mol. The number of carbonyl (C=O) groups excluding carboxylic acids is 1. The van der Waals surface area contributed by atoms with Crippen molar-refractivity contribution < 1.29 is 9.53 Å². The summed E-state index contributed by atoms with van der Waals surface area (Å²) in [5, 5.41) is 0. The van der Waals surface area contributed by atoms with Crippen molar-refractivity contribution in [3.63, 3.8) is 0 Å². The van der Waals surface area contributed by atoms with Gasteiger partial charge in [0.1, 0.15) is 6.61 Å². The summed E-state index contributed by atoms with van der Waals surface area (Å²) in [6, 6.07) is 0. The lowest BCUT2D eigenvalue weighted by Gasteiger charge is -2.20. The summed E-state index contributed by atoms with van der Waals surface area (Å²) in [7, 11) is 0. The minimum absolute atomic E-state index is 0.297. The Morgan fingerprint density at radius 2 is 1.85 bits per heavy atom. The number of ketones is 1. The van der Waals surface area contributed by atoms with Gasteiger partial charge in [-0.15, -0.1) is 0 Å². The molecule has 0 N–H and O–H groups in total. The highest BCUT2D eigenvalue weighted by Gasteiger charge is 2.30. The smallest absolute Gasteiger partial charge is 0.158 e. The van der Waals surface area contributed by atoms with E-state index in [1.807, 2.05) is 0 Å². The first-order valence-corrected chi connectivity index (χ1v) is 8.67.